The fraction of sp³-hybridized carbons (Fsp3) is 1.00. The summed E-state index contributed by atoms with van der Waals surface area (Å²) in [6.45, 7) is 15.0. The van der Waals surface area contributed by atoms with E-state index in [0.29, 0.717) is 21.5 Å². The fourth-order valence-electron chi connectivity index (χ4n) is 3.31. The predicted octanol–water partition coefficient (Wildman–Crippen LogP) is 0.231. The van der Waals surface area contributed by atoms with Crippen molar-refractivity contribution in [2.24, 2.45) is 11.8 Å². The van der Waals surface area contributed by atoms with Crippen LogP contribution in [0.2, 0.25) is 0 Å². The molecule has 0 atom stereocenters. The Hall–Kier alpha value is 0.650. The van der Waals surface area contributed by atoms with Crippen LogP contribution in [0.25, 0.3) is 0 Å². The van der Waals surface area contributed by atoms with Crippen molar-refractivity contribution in [2.75, 3.05) is 26.2 Å². The van der Waals surface area contributed by atoms with Gasteiger partial charge >= 0.3 is 131 Å². The monoisotopic (exact) mass is 379 g/mol. The Bertz CT molecular complexity index is 225. The molecule has 2 heterocycles. The van der Waals surface area contributed by atoms with Gasteiger partial charge in [0.2, 0.25) is 0 Å². The van der Waals surface area contributed by atoms with Crippen molar-refractivity contribution in [3.05, 3.63) is 0 Å². The van der Waals surface area contributed by atoms with Crippen molar-refractivity contribution in [3.63, 3.8) is 0 Å². The molecule has 0 radical (unpaired) electrons. The van der Waals surface area contributed by atoms with E-state index >= 15 is 0 Å². The molecule has 0 aromatic rings. The van der Waals surface area contributed by atoms with Crippen molar-refractivity contribution in [2.45, 2.75) is 63.3 Å². The standard InChI is InChI=1S/C16H32IN2/c1-13(2)15-5-11-19(12-6-15)17-16-7-9-18(10-8-16)14(3)4/h13-16H,5-12H2,1-4H3/q-1. The van der Waals surface area contributed by atoms with Crippen LogP contribution in [0.4, 0.5) is 0 Å². The van der Waals surface area contributed by atoms with Crippen LogP contribution < -0.4 is 21.5 Å². The summed E-state index contributed by atoms with van der Waals surface area (Å²) in [5.41, 5.74) is 0. The number of alkyl halides is 1. The molecule has 2 rings (SSSR count). The molecule has 0 bridgehead atoms. The van der Waals surface area contributed by atoms with E-state index in [4.69, 9.17) is 0 Å². The molecule has 2 nitrogen and oxygen atoms in total. The Balaban J connectivity index is 1.67. The van der Waals surface area contributed by atoms with E-state index in [9.17, 15) is 0 Å². The molecular weight excluding hydrogens is 347 g/mol. The molecule has 2 fully saturated rings. The molecule has 0 amide bonds. The fourth-order valence-corrected chi connectivity index (χ4v) is 6.65. The number of piperidine rings is 2. The van der Waals surface area contributed by atoms with Gasteiger partial charge in [0, 0.05) is 0 Å². The Kier molecular flexibility index (Phi) is 6.41. The third kappa shape index (κ3) is 4.85. The first-order chi connectivity index (χ1) is 9.06. The Labute approximate surface area is 130 Å². The van der Waals surface area contributed by atoms with Gasteiger partial charge in [-0.2, -0.15) is 0 Å². The van der Waals surface area contributed by atoms with Gasteiger partial charge in [0.1, 0.15) is 0 Å². The number of nitrogens with zero attached hydrogens (tertiary/aromatic N) is 2. The maximum absolute atomic E-state index is 2.85. The maximum atomic E-state index is 2.85. The topological polar surface area (TPSA) is 6.48 Å². The SMILES string of the molecule is CC(C)C1CCN([I-]C2CCN(C(C)C)CC2)CC1. The molecule has 114 valence electrons. The molecule has 0 saturated carbocycles. The van der Waals surface area contributed by atoms with Gasteiger partial charge in [-0.3, -0.25) is 0 Å². The van der Waals surface area contributed by atoms with Gasteiger partial charge < -0.3 is 0 Å². The van der Waals surface area contributed by atoms with E-state index in [1.807, 2.05) is 0 Å². The Morgan fingerprint density at radius 1 is 0.842 bits per heavy atom. The van der Waals surface area contributed by atoms with Crippen LogP contribution in [0.3, 0.4) is 0 Å². The summed E-state index contributed by atoms with van der Waals surface area (Å²) in [5, 5.41) is 0. The third-order valence-corrected chi connectivity index (χ3v) is 8.68. The van der Waals surface area contributed by atoms with Crippen molar-refractivity contribution in [3.8, 4) is 0 Å². The van der Waals surface area contributed by atoms with E-state index in [-0.39, 0.29) is 0 Å². The van der Waals surface area contributed by atoms with Gasteiger partial charge in [0.25, 0.3) is 0 Å². The summed E-state index contributed by atoms with van der Waals surface area (Å²) in [6, 6.07) is 0.751. The van der Waals surface area contributed by atoms with Crippen molar-refractivity contribution in [1.29, 1.82) is 0 Å². The molecule has 2 aliphatic heterocycles. The first kappa shape index (κ1) is 16.0. The summed E-state index contributed by atoms with van der Waals surface area (Å²) >= 11 is 0.311. The number of halogens is 1. The van der Waals surface area contributed by atoms with Crippen LogP contribution in [0.5, 0.6) is 0 Å². The molecular formula is C16H32IN2-. The van der Waals surface area contributed by atoms with E-state index < -0.39 is 0 Å². The van der Waals surface area contributed by atoms with Gasteiger partial charge in [-0.25, -0.2) is 0 Å². The second-order valence-electron chi connectivity index (χ2n) is 6.89. The molecule has 3 heteroatoms. The van der Waals surface area contributed by atoms with Crippen molar-refractivity contribution in [1.82, 2.24) is 8.01 Å². The summed E-state index contributed by atoms with van der Waals surface area (Å²) in [4.78, 5) is 2.66. The second-order valence-corrected chi connectivity index (χ2v) is 10.6. The zero-order valence-electron chi connectivity index (χ0n) is 13.2. The molecule has 0 aliphatic carbocycles. The average Bonchev–Trinajstić information content (AvgIpc) is 2.40. The zero-order chi connectivity index (χ0) is 13.8. The van der Waals surface area contributed by atoms with Crippen LogP contribution in [-0.4, -0.2) is 44.2 Å². The number of hydrogen-bond donors (Lipinski definition) is 0. The number of likely N-dealkylation sites (tertiary alicyclic amines) is 1. The van der Waals surface area contributed by atoms with Gasteiger partial charge in [-0.15, -0.1) is 0 Å². The zero-order valence-corrected chi connectivity index (χ0v) is 15.4. The predicted molar refractivity (Wildman–Crippen MR) is 78.9 cm³/mol. The van der Waals surface area contributed by atoms with E-state index in [2.05, 4.69) is 35.7 Å². The van der Waals surface area contributed by atoms with E-state index in [1.165, 1.54) is 51.9 Å². The van der Waals surface area contributed by atoms with Crippen molar-refractivity contribution >= 4 is 0 Å². The number of rotatable bonds is 4. The van der Waals surface area contributed by atoms with Crippen LogP contribution in [0, 0.1) is 11.8 Å². The first-order valence-electron chi connectivity index (χ1n) is 8.19. The summed E-state index contributed by atoms with van der Waals surface area (Å²) in [5.74, 6) is 1.90. The average molecular weight is 379 g/mol. The quantitative estimate of drug-likeness (QED) is 0.392. The molecule has 0 aromatic heterocycles. The van der Waals surface area contributed by atoms with Crippen LogP contribution >= 0.6 is 0 Å². The van der Waals surface area contributed by atoms with Crippen LogP contribution in [0.1, 0.15) is 53.4 Å². The molecule has 2 aliphatic rings. The number of hydrogen-bond acceptors (Lipinski definition) is 2. The van der Waals surface area contributed by atoms with Gasteiger partial charge in [-0.1, -0.05) is 0 Å². The molecule has 2 saturated heterocycles. The summed E-state index contributed by atoms with van der Waals surface area (Å²) < 4.78 is 3.93. The minimum atomic E-state index is 0.311. The van der Waals surface area contributed by atoms with Gasteiger partial charge in [-0.05, 0) is 0 Å². The minimum absolute atomic E-state index is 0.311. The normalized spacial score (nSPS) is 25.8. The van der Waals surface area contributed by atoms with Crippen LogP contribution in [0.15, 0.2) is 0 Å². The Morgan fingerprint density at radius 2 is 1.42 bits per heavy atom. The molecule has 0 spiro atoms. The van der Waals surface area contributed by atoms with Gasteiger partial charge in [0.05, 0.1) is 0 Å². The molecule has 0 N–H and O–H groups in total. The van der Waals surface area contributed by atoms with Gasteiger partial charge in [0.15, 0.2) is 0 Å². The first-order valence-corrected chi connectivity index (χ1v) is 10.4. The third-order valence-electron chi connectivity index (χ3n) is 4.89. The van der Waals surface area contributed by atoms with Crippen LogP contribution in [-0.2, 0) is 0 Å². The molecule has 0 unspecified atom stereocenters. The Morgan fingerprint density at radius 3 is 1.89 bits per heavy atom. The molecule has 19 heavy (non-hydrogen) atoms. The van der Waals surface area contributed by atoms with E-state index in [0.717, 1.165) is 21.8 Å². The summed E-state index contributed by atoms with van der Waals surface area (Å²) in [6.07, 6.45) is 5.86. The second kappa shape index (κ2) is 7.60. The molecule has 0 aromatic carbocycles. The van der Waals surface area contributed by atoms with Crippen molar-refractivity contribution < 1.29 is 21.5 Å². The summed E-state index contributed by atoms with van der Waals surface area (Å²) in [7, 11) is 0. The van der Waals surface area contributed by atoms with E-state index in [1.54, 1.807) is 0 Å².